The van der Waals surface area contributed by atoms with Crippen LogP contribution in [0, 0.1) is 0 Å². The molecule has 0 aliphatic heterocycles. The summed E-state index contributed by atoms with van der Waals surface area (Å²) in [6, 6.07) is 14.0. The van der Waals surface area contributed by atoms with Crippen molar-refractivity contribution in [1.29, 1.82) is 0 Å². The van der Waals surface area contributed by atoms with Gasteiger partial charge >= 0.3 is 0 Å². The highest BCUT2D eigenvalue weighted by Gasteiger charge is 2.07. The second-order valence-corrected chi connectivity index (χ2v) is 5.67. The topological polar surface area (TPSA) is 67.4 Å². The molecule has 6 heteroatoms. The average molecular weight is 377 g/mol. The number of carbonyl (C=O) groups is 2. The van der Waals surface area contributed by atoms with Crippen molar-refractivity contribution in [1.82, 2.24) is 10.6 Å². The van der Waals surface area contributed by atoms with Crippen LogP contribution in [-0.2, 0) is 0 Å². The van der Waals surface area contributed by atoms with Gasteiger partial charge in [-0.3, -0.25) is 9.59 Å². The summed E-state index contributed by atoms with van der Waals surface area (Å²) in [6.45, 7) is 0.691. The van der Waals surface area contributed by atoms with Crippen LogP contribution in [0.15, 0.2) is 53.0 Å². The molecule has 0 unspecified atom stereocenters. The highest BCUT2D eigenvalue weighted by atomic mass is 79.9. The molecule has 2 rings (SSSR count). The minimum Gasteiger partial charge on any atom is -0.497 e. The van der Waals surface area contributed by atoms with Gasteiger partial charge in [-0.05, 0) is 36.4 Å². The Balaban J connectivity index is 1.78. The fourth-order valence-electron chi connectivity index (χ4n) is 1.95. The quantitative estimate of drug-likeness (QED) is 0.761. The average Bonchev–Trinajstić information content (AvgIpc) is 2.58. The van der Waals surface area contributed by atoms with E-state index in [4.69, 9.17) is 4.74 Å². The van der Waals surface area contributed by atoms with E-state index < -0.39 is 0 Å². The maximum Gasteiger partial charge on any atom is 0.251 e. The first-order chi connectivity index (χ1) is 11.1. The number of rotatable bonds is 6. The molecule has 0 saturated carbocycles. The molecule has 0 atom stereocenters. The van der Waals surface area contributed by atoms with Crippen LogP contribution in [0.4, 0.5) is 0 Å². The van der Waals surface area contributed by atoms with Gasteiger partial charge in [0, 0.05) is 28.7 Å². The van der Waals surface area contributed by atoms with Crippen LogP contribution in [0.5, 0.6) is 5.75 Å². The molecule has 5 nitrogen and oxygen atoms in total. The molecule has 2 aromatic rings. The molecule has 0 aliphatic carbocycles. The highest BCUT2D eigenvalue weighted by molar-refractivity contribution is 9.10. The van der Waals surface area contributed by atoms with Gasteiger partial charge in [-0.2, -0.15) is 0 Å². The predicted molar refractivity (Wildman–Crippen MR) is 91.8 cm³/mol. The van der Waals surface area contributed by atoms with E-state index >= 15 is 0 Å². The van der Waals surface area contributed by atoms with Gasteiger partial charge in [0.2, 0.25) is 0 Å². The van der Waals surface area contributed by atoms with Gasteiger partial charge in [0.15, 0.2) is 0 Å². The third-order valence-corrected chi connectivity index (χ3v) is 3.61. The molecule has 0 radical (unpaired) electrons. The monoisotopic (exact) mass is 376 g/mol. The Labute approximate surface area is 143 Å². The Morgan fingerprint density at radius 1 is 0.957 bits per heavy atom. The van der Waals surface area contributed by atoms with Crippen LogP contribution < -0.4 is 15.4 Å². The first kappa shape index (κ1) is 17.0. The van der Waals surface area contributed by atoms with Gasteiger partial charge in [0.25, 0.3) is 11.8 Å². The van der Waals surface area contributed by atoms with Crippen LogP contribution >= 0.6 is 15.9 Å². The Morgan fingerprint density at radius 3 is 2.09 bits per heavy atom. The molecule has 23 heavy (non-hydrogen) atoms. The number of methoxy groups -OCH3 is 1. The molecular weight excluding hydrogens is 360 g/mol. The number of benzene rings is 2. The number of hydrogen-bond acceptors (Lipinski definition) is 3. The molecule has 2 N–H and O–H groups in total. The fraction of sp³-hybridized carbons (Fsp3) is 0.176. The van der Waals surface area contributed by atoms with E-state index in [9.17, 15) is 9.59 Å². The minimum atomic E-state index is -0.208. The summed E-state index contributed by atoms with van der Waals surface area (Å²) < 4.78 is 5.92. The van der Waals surface area contributed by atoms with E-state index in [0.29, 0.717) is 30.0 Å². The third-order valence-electron chi connectivity index (χ3n) is 3.11. The summed E-state index contributed by atoms with van der Waals surface area (Å²) in [5.41, 5.74) is 1.08. The van der Waals surface area contributed by atoms with Crippen molar-refractivity contribution in [2.45, 2.75) is 0 Å². The summed E-state index contributed by atoms with van der Waals surface area (Å²) in [5, 5.41) is 5.51. The summed E-state index contributed by atoms with van der Waals surface area (Å²) in [7, 11) is 1.55. The molecule has 0 aromatic heterocycles. The van der Waals surface area contributed by atoms with Gasteiger partial charge in [0.1, 0.15) is 5.75 Å². The Morgan fingerprint density at radius 2 is 1.52 bits per heavy atom. The number of nitrogens with one attached hydrogen (secondary N) is 2. The zero-order chi connectivity index (χ0) is 16.7. The van der Waals surface area contributed by atoms with Crippen LogP contribution in [0.1, 0.15) is 20.7 Å². The minimum absolute atomic E-state index is 0.179. The second-order valence-electron chi connectivity index (χ2n) is 4.75. The maximum absolute atomic E-state index is 12.0. The van der Waals surface area contributed by atoms with Gasteiger partial charge in [0.05, 0.1) is 7.11 Å². The lowest BCUT2D eigenvalue weighted by atomic mass is 10.2. The number of ether oxygens (including phenoxy) is 1. The van der Waals surface area contributed by atoms with E-state index in [0.717, 1.165) is 4.47 Å². The van der Waals surface area contributed by atoms with E-state index in [1.807, 2.05) is 6.07 Å². The number of hydrogen-bond donors (Lipinski definition) is 2. The summed E-state index contributed by atoms with van der Waals surface area (Å²) in [6.07, 6.45) is 0. The normalized spacial score (nSPS) is 10.0. The molecule has 120 valence electrons. The van der Waals surface area contributed by atoms with E-state index in [-0.39, 0.29) is 11.8 Å². The maximum atomic E-state index is 12.0. The highest BCUT2D eigenvalue weighted by Crippen LogP contribution is 2.12. The van der Waals surface area contributed by atoms with Crippen molar-refractivity contribution in [3.8, 4) is 5.75 Å². The Hall–Kier alpha value is -2.34. The van der Waals surface area contributed by atoms with E-state index in [2.05, 4.69) is 26.6 Å². The van der Waals surface area contributed by atoms with Gasteiger partial charge in [-0.1, -0.05) is 28.1 Å². The first-order valence-corrected chi connectivity index (χ1v) is 7.85. The van der Waals surface area contributed by atoms with Crippen LogP contribution in [0.3, 0.4) is 0 Å². The predicted octanol–water partition coefficient (Wildman–Crippen LogP) is 2.62. The fourth-order valence-corrected chi connectivity index (χ4v) is 2.35. The molecule has 0 heterocycles. The second kappa shape index (κ2) is 8.33. The lowest BCUT2D eigenvalue weighted by Gasteiger charge is -2.08. The largest absolute Gasteiger partial charge is 0.497 e. The van der Waals surface area contributed by atoms with Crippen molar-refractivity contribution in [2.75, 3.05) is 20.2 Å². The summed E-state index contributed by atoms with van der Waals surface area (Å²) in [5.74, 6) is 0.239. The SMILES string of the molecule is COc1cccc(C(=O)NCCNC(=O)c2cccc(Br)c2)c1. The summed E-state index contributed by atoms with van der Waals surface area (Å²) >= 11 is 3.32. The lowest BCUT2D eigenvalue weighted by molar-refractivity contribution is 0.0927. The smallest absolute Gasteiger partial charge is 0.251 e. The zero-order valence-electron chi connectivity index (χ0n) is 12.6. The van der Waals surface area contributed by atoms with Gasteiger partial charge in [-0.15, -0.1) is 0 Å². The molecule has 0 saturated heterocycles. The molecule has 0 spiro atoms. The van der Waals surface area contributed by atoms with Crippen molar-refractivity contribution in [2.24, 2.45) is 0 Å². The van der Waals surface area contributed by atoms with Crippen molar-refractivity contribution < 1.29 is 14.3 Å². The van der Waals surface area contributed by atoms with E-state index in [1.165, 1.54) is 0 Å². The Bertz CT molecular complexity index is 704. The van der Waals surface area contributed by atoms with Crippen LogP contribution in [-0.4, -0.2) is 32.0 Å². The molecule has 2 aromatic carbocycles. The van der Waals surface area contributed by atoms with Crippen LogP contribution in [0.2, 0.25) is 0 Å². The zero-order valence-corrected chi connectivity index (χ0v) is 14.2. The van der Waals surface area contributed by atoms with Gasteiger partial charge in [-0.25, -0.2) is 0 Å². The molecule has 0 aliphatic rings. The Kier molecular flexibility index (Phi) is 6.17. The molecule has 0 fully saturated rings. The van der Waals surface area contributed by atoms with Crippen molar-refractivity contribution >= 4 is 27.7 Å². The van der Waals surface area contributed by atoms with Crippen molar-refractivity contribution in [3.05, 3.63) is 64.1 Å². The first-order valence-electron chi connectivity index (χ1n) is 7.06. The molecular formula is C17H17BrN2O3. The van der Waals surface area contributed by atoms with E-state index in [1.54, 1.807) is 49.6 Å². The standard InChI is InChI=1S/C17H17BrN2O3/c1-23-15-7-3-5-13(11-15)17(22)20-9-8-19-16(21)12-4-2-6-14(18)10-12/h2-7,10-11H,8-9H2,1H3,(H,19,21)(H,20,22). The molecule has 2 amide bonds. The third kappa shape index (κ3) is 5.10. The van der Waals surface area contributed by atoms with Crippen LogP contribution in [0.25, 0.3) is 0 Å². The number of amides is 2. The lowest BCUT2D eigenvalue weighted by Crippen LogP contribution is -2.34. The molecule has 0 bridgehead atoms. The number of halogens is 1. The summed E-state index contributed by atoms with van der Waals surface area (Å²) in [4.78, 5) is 23.9. The van der Waals surface area contributed by atoms with Gasteiger partial charge < -0.3 is 15.4 Å². The van der Waals surface area contributed by atoms with Crippen molar-refractivity contribution in [3.63, 3.8) is 0 Å². The number of carbonyl (C=O) groups excluding carboxylic acids is 2.